The second kappa shape index (κ2) is 5.18. The number of fused-ring (bicyclic) bond motifs is 3. The van der Waals surface area contributed by atoms with Crippen LogP contribution in [0.4, 0.5) is 5.82 Å². The molecule has 6 rings (SSSR count). The molecule has 5 nitrogen and oxygen atoms in total. The fourth-order valence-corrected chi connectivity index (χ4v) is 4.49. The van der Waals surface area contributed by atoms with Crippen LogP contribution in [0.5, 0.6) is 0 Å². The van der Waals surface area contributed by atoms with Crippen LogP contribution >= 0.6 is 0 Å². The Morgan fingerprint density at radius 1 is 1.25 bits per heavy atom. The fraction of sp³-hybridized carbons (Fsp3) is 0.474. The van der Waals surface area contributed by atoms with Crippen LogP contribution in [0.1, 0.15) is 18.5 Å². The predicted octanol–water partition coefficient (Wildman–Crippen LogP) is 2.81. The Hall–Kier alpha value is -2.14. The number of aliphatic imine (C=N–C) groups is 1. The van der Waals surface area contributed by atoms with Gasteiger partial charge in [-0.25, -0.2) is 9.98 Å². The quantitative estimate of drug-likeness (QED) is 0.877. The summed E-state index contributed by atoms with van der Waals surface area (Å²) >= 11 is 0. The Kier molecular flexibility index (Phi) is 3.07. The first-order chi connectivity index (χ1) is 11.7. The van der Waals surface area contributed by atoms with Crippen LogP contribution < -0.4 is 5.32 Å². The average molecular weight is 322 g/mol. The van der Waals surface area contributed by atoms with Gasteiger partial charge >= 0.3 is 0 Å². The van der Waals surface area contributed by atoms with Crippen LogP contribution in [-0.4, -0.2) is 47.7 Å². The van der Waals surface area contributed by atoms with E-state index in [0.29, 0.717) is 11.9 Å². The van der Waals surface area contributed by atoms with E-state index >= 15 is 0 Å². The summed E-state index contributed by atoms with van der Waals surface area (Å²) in [5, 5.41) is 5.67. The smallest absolute Gasteiger partial charge is 0.291 e. The molecule has 1 unspecified atom stereocenters. The monoisotopic (exact) mass is 322 g/mol. The maximum atomic E-state index is 6.34. The average Bonchev–Trinajstić information content (AvgIpc) is 2.98. The van der Waals surface area contributed by atoms with Crippen LogP contribution in [-0.2, 0) is 4.74 Å². The summed E-state index contributed by atoms with van der Waals surface area (Å²) in [5.41, 5.74) is 0.914. The summed E-state index contributed by atoms with van der Waals surface area (Å²) < 4.78 is 6.34. The van der Waals surface area contributed by atoms with Crippen LogP contribution in [0.15, 0.2) is 35.3 Å². The van der Waals surface area contributed by atoms with E-state index < -0.39 is 0 Å². The molecule has 4 aliphatic rings. The van der Waals surface area contributed by atoms with Gasteiger partial charge in [-0.05, 0) is 44.3 Å². The minimum atomic E-state index is -0.106. The van der Waals surface area contributed by atoms with Gasteiger partial charge in [-0.1, -0.05) is 24.3 Å². The Morgan fingerprint density at radius 2 is 2.08 bits per heavy atom. The summed E-state index contributed by atoms with van der Waals surface area (Å²) in [7, 11) is 0. The van der Waals surface area contributed by atoms with E-state index in [0.717, 1.165) is 24.6 Å². The van der Waals surface area contributed by atoms with E-state index in [2.05, 4.69) is 44.5 Å². The van der Waals surface area contributed by atoms with Gasteiger partial charge in [-0.3, -0.25) is 10.2 Å². The van der Waals surface area contributed by atoms with Gasteiger partial charge in [0.25, 0.3) is 6.02 Å². The number of anilines is 1. The largest absolute Gasteiger partial charge is 0.455 e. The Labute approximate surface area is 141 Å². The lowest BCUT2D eigenvalue weighted by Crippen LogP contribution is -2.61. The molecular weight excluding hydrogens is 300 g/mol. The molecule has 3 saturated heterocycles. The van der Waals surface area contributed by atoms with Crippen molar-refractivity contribution in [2.24, 2.45) is 10.9 Å². The summed E-state index contributed by atoms with van der Waals surface area (Å²) in [4.78, 5) is 11.8. The molecule has 1 atom stereocenters. The highest BCUT2D eigenvalue weighted by molar-refractivity contribution is 5.93. The van der Waals surface area contributed by atoms with Gasteiger partial charge < -0.3 is 4.74 Å². The number of rotatable bonds is 1. The van der Waals surface area contributed by atoms with Crippen molar-refractivity contribution in [1.29, 1.82) is 0 Å². The maximum Gasteiger partial charge on any atom is 0.291 e. The first-order valence-corrected chi connectivity index (χ1v) is 8.81. The van der Waals surface area contributed by atoms with E-state index in [1.807, 2.05) is 13.0 Å². The number of hydrogen-bond donors (Lipinski definition) is 1. The lowest BCUT2D eigenvalue weighted by Gasteiger charge is -2.50. The zero-order valence-corrected chi connectivity index (χ0v) is 14.0. The lowest BCUT2D eigenvalue weighted by molar-refractivity contribution is -0.0829. The number of ether oxygens (including phenoxy) is 1. The highest BCUT2D eigenvalue weighted by atomic mass is 16.5. The fourth-order valence-electron chi connectivity index (χ4n) is 4.49. The predicted molar refractivity (Wildman–Crippen MR) is 95.4 cm³/mol. The zero-order valence-electron chi connectivity index (χ0n) is 14.0. The topological polar surface area (TPSA) is 49.8 Å². The van der Waals surface area contributed by atoms with Crippen molar-refractivity contribution >= 4 is 22.6 Å². The molecule has 3 fully saturated rings. The number of aryl methyl sites for hydroxylation is 1. The number of amidine groups is 1. The van der Waals surface area contributed by atoms with Gasteiger partial charge in [-0.15, -0.1) is 0 Å². The molecule has 124 valence electrons. The van der Waals surface area contributed by atoms with Crippen molar-refractivity contribution in [2.75, 3.05) is 31.5 Å². The van der Waals surface area contributed by atoms with Crippen molar-refractivity contribution in [3.8, 4) is 0 Å². The summed E-state index contributed by atoms with van der Waals surface area (Å²) in [6.07, 6.45) is 2.46. The van der Waals surface area contributed by atoms with Gasteiger partial charge in [0.1, 0.15) is 11.4 Å². The van der Waals surface area contributed by atoms with Gasteiger partial charge in [0.15, 0.2) is 0 Å². The molecule has 0 radical (unpaired) electrons. The van der Waals surface area contributed by atoms with E-state index in [1.54, 1.807) is 0 Å². The van der Waals surface area contributed by atoms with Gasteiger partial charge in [0.05, 0.1) is 6.54 Å². The SMILES string of the molecule is Cc1nc(NC2=NCC3(CN4CCC3CC4)O2)cc2ccccc12. The molecule has 1 aromatic carbocycles. The summed E-state index contributed by atoms with van der Waals surface area (Å²) in [5.74, 6) is 1.44. The molecule has 0 saturated carbocycles. The maximum absolute atomic E-state index is 6.34. The Balaban J connectivity index is 1.38. The third-order valence-corrected chi connectivity index (χ3v) is 5.78. The second-order valence-corrected chi connectivity index (χ2v) is 7.28. The van der Waals surface area contributed by atoms with Crippen LogP contribution in [0.25, 0.3) is 10.8 Å². The minimum absolute atomic E-state index is 0.106. The molecule has 0 aliphatic carbocycles. The van der Waals surface area contributed by atoms with Crippen LogP contribution in [0, 0.1) is 12.8 Å². The number of nitrogens with zero attached hydrogens (tertiary/aromatic N) is 3. The Morgan fingerprint density at radius 3 is 2.88 bits per heavy atom. The highest BCUT2D eigenvalue weighted by Gasteiger charge is 2.51. The van der Waals surface area contributed by atoms with Crippen molar-refractivity contribution in [3.63, 3.8) is 0 Å². The zero-order chi connectivity index (χ0) is 16.1. The van der Waals surface area contributed by atoms with Crippen molar-refractivity contribution in [1.82, 2.24) is 9.88 Å². The molecule has 24 heavy (non-hydrogen) atoms. The molecule has 2 bridgehead atoms. The second-order valence-electron chi connectivity index (χ2n) is 7.28. The van der Waals surface area contributed by atoms with E-state index in [-0.39, 0.29) is 5.60 Å². The molecule has 5 heteroatoms. The molecular formula is C19H22N4O. The molecule has 1 spiro atoms. The Bertz CT molecular complexity index is 825. The van der Waals surface area contributed by atoms with E-state index in [1.165, 1.54) is 36.7 Å². The number of pyridine rings is 1. The molecule has 0 amide bonds. The number of benzene rings is 1. The molecule has 4 aliphatic heterocycles. The highest BCUT2D eigenvalue weighted by Crippen LogP contribution is 2.40. The number of piperidine rings is 3. The van der Waals surface area contributed by atoms with E-state index in [9.17, 15) is 0 Å². The van der Waals surface area contributed by atoms with Gasteiger partial charge in [0, 0.05) is 23.5 Å². The van der Waals surface area contributed by atoms with Gasteiger partial charge in [0.2, 0.25) is 0 Å². The third kappa shape index (κ3) is 2.18. The number of hydrogen-bond acceptors (Lipinski definition) is 5. The molecule has 1 N–H and O–H groups in total. The lowest BCUT2D eigenvalue weighted by atomic mass is 9.75. The number of aromatic nitrogens is 1. The standard InChI is InChI=1S/C19H22N4O/c1-13-16-5-3-2-4-14(16)10-17(21-13)22-18-20-11-19(24-18)12-23-8-6-15(19)7-9-23/h2-5,10,15H,6-9,11-12H2,1H3,(H,20,21,22). The summed E-state index contributed by atoms with van der Waals surface area (Å²) in [6, 6.07) is 11.0. The number of nitrogens with one attached hydrogen (secondary N) is 1. The van der Waals surface area contributed by atoms with Gasteiger partial charge in [-0.2, -0.15) is 0 Å². The van der Waals surface area contributed by atoms with Crippen LogP contribution in [0.3, 0.4) is 0 Å². The van der Waals surface area contributed by atoms with Crippen molar-refractivity contribution < 1.29 is 4.74 Å². The third-order valence-electron chi connectivity index (χ3n) is 5.78. The van der Waals surface area contributed by atoms with Crippen molar-refractivity contribution in [3.05, 3.63) is 36.0 Å². The van der Waals surface area contributed by atoms with Crippen LogP contribution in [0.2, 0.25) is 0 Å². The van der Waals surface area contributed by atoms with E-state index in [4.69, 9.17) is 4.74 Å². The molecule has 1 aromatic heterocycles. The normalized spacial score (nSPS) is 31.3. The molecule has 2 aromatic rings. The first kappa shape index (κ1) is 14.2. The molecule has 5 heterocycles. The first-order valence-electron chi connectivity index (χ1n) is 8.81. The van der Waals surface area contributed by atoms with Crippen molar-refractivity contribution in [2.45, 2.75) is 25.4 Å². The minimum Gasteiger partial charge on any atom is -0.455 e. The summed E-state index contributed by atoms with van der Waals surface area (Å²) in [6.45, 7) is 6.24.